The summed E-state index contributed by atoms with van der Waals surface area (Å²) in [5.74, 6) is 0.837. The summed E-state index contributed by atoms with van der Waals surface area (Å²) in [5.41, 5.74) is 2.90. The van der Waals surface area contributed by atoms with Gasteiger partial charge in [-0.15, -0.1) is 0 Å². The Kier molecular flexibility index (Phi) is 5.87. The summed E-state index contributed by atoms with van der Waals surface area (Å²) in [7, 11) is 0. The number of nitrogens with one attached hydrogen (secondary N) is 1. The zero-order chi connectivity index (χ0) is 13.5. The van der Waals surface area contributed by atoms with Crippen molar-refractivity contribution in [3.63, 3.8) is 0 Å². The number of likely N-dealkylation sites (tertiary alicyclic amines) is 1. The Bertz CT molecular complexity index is 358. The Morgan fingerprint density at radius 2 is 1.89 bits per heavy atom. The first kappa shape index (κ1) is 14.5. The van der Waals surface area contributed by atoms with Gasteiger partial charge in [0, 0.05) is 13.1 Å². The monoisotopic (exact) mass is 260 g/mol. The molecule has 2 heteroatoms. The zero-order valence-corrected chi connectivity index (χ0v) is 12.5. The molecule has 1 heterocycles. The number of piperidine rings is 1. The lowest BCUT2D eigenvalue weighted by atomic mass is 9.97. The number of hydrogen-bond acceptors (Lipinski definition) is 2. The van der Waals surface area contributed by atoms with Crippen LogP contribution in [0, 0.1) is 5.92 Å². The van der Waals surface area contributed by atoms with Gasteiger partial charge in [-0.25, -0.2) is 0 Å². The van der Waals surface area contributed by atoms with E-state index < -0.39 is 0 Å². The molecule has 1 aliphatic heterocycles. The van der Waals surface area contributed by atoms with E-state index in [0.29, 0.717) is 0 Å². The van der Waals surface area contributed by atoms with Crippen LogP contribution in [0.15, 0.2) is 24.3 Å². The van der Waals surface area contributed by atoms with Gasteiger partial charge in [-0.1, -0.05) is 38.1 Å². The topological polar surface area (TPSA) is 15.3 Å². The molecule has 1 aromatic carbocycles. The zero-order valence-electron chi connectivity index (χ0n) is 12.5. The molecule has 2 nitrogen and oxygen atoms in total. The van der Waals surface area contributed by atoms with Gasteiger partial charge in [0.05, 0.1) is 0 Å². The minimum Gasteiger partial charge on any atom is -0.317 e. The van der Waals surface area contributed by atoms with E-state index in [1.807, 2.05) is 0 Å². The van der Waals surface area contributed by atoms with E-state index in [0.717, 1.165) is 25.4 Å². The van der Waals surface area contributed by atoms with Crippen LogP contribution in [-0.2, 0) is 13.0 Å². The molecule has 19 heavy (non-hydrogen) atoms. The van der Waals surface area contributed by atoms with Crippen LogP contribution in [0.2, 0.25) is 0 Å². The standard InChI is InChI=1S/C17H28N2/c1-3-15-7-9-16(10-8-15)13-19-11-5-6-17(14-19)12-18-4-2/h7-10,17-18H,3-6,11-14H2,1-2H3. The normalized spacial score (nSPS) is 20.6. The molecule has 0 saturated carbocycles. The summed E-state index contributed by atoms with van der Waals surface area (Å²) in [6.07, 6.45) is 3.87. The third-order valence-electron chi connectivity index (χ3n) is 4.12. The van der Waals surface area contributed by atoms with Crippen LogP contribution in [0.3, 0.4) is 0 Å². The van der Waals surface area contributed by atoms with Crippen LogP contribution >= 0.6 is 0 Å². The molecule has 1 atom stereocenters. The second-order valence-corrected chi connectivity index (χ2v) is 5.72. The minimum atomic E-state index is 0.837. The third kappa shape index (κ3) is 4.63. The highest BCUT2D eigenvalue weighted by molar-refractivity contribution is 5.22. The van der Waals surface area contributed by atoms with Gasteiger partial charge in [0.2, 0.25) is 0 Å². The van der Waals surface area contributed by atoms with Crippen LogP contribution in [0.25, 0.3) is 0 Å². The first-order valence-electron chi connectivity index (χ1n) is 7.82. The van der Waals surface area contributed by atoms with Crippen molar-refractivity contribution in [1.29, 1.82) is 0 Å². The average molecular weight is 260 g/mol. The molecule has 0 aliphatic carbocycles. The Labute approximate surface area is 118 Å². The average Bonchev–Trinajstić information content (AvgIpc) is 2.46. The van der Waals surface area contributed by atoms with Crippen LogP contribution in [-0.4, -0.2) is 31.1 Å². The number of aryl methyl sites for hydroxylation is 1. The van der Waals surface area contributed by atoms with E-state index >= 15 is 0 Å². The minimum absolute atomic E-state index is 0.837. The van der Waals surface area contributed by atoms with Gasteiger partial charge in [-0.05, 0) is 55.9 Å². The predicted molar refractivity (Wildman–Crippen MR) is 82.4 cm³/mol. The van der Waals surface area contributed by atoms with Crippen molar-refractivity contribution in [2.24, 2.45) is 5.92 Å². The fraction of sp³-hybridized carbons (Fsp3) is 0.647. The summed E-state index contributed by atoms with van der Waals surface area (Å²) < 4.78 is 0. The fourth-order valence-electron chi connectivity index (χ4n) is 2.95. The van der Waals surface area contributed by atoms with Crippen molar-refractivity contribution in [2.45, 2.75) is 39.7 Å². The van der Waals surface area contributed by atoms with E-state index in [9.17, 15) is 0 Å². The van der Waals surface area contributed by atoms with Crippen molar-refractivity contribution in [3.05, 3.63) is 35.4 Å². The van der Waals surface area contributed by atoms with Crippen molar-refractivity contribution >= 4 is 0 Å². The summed E-state index contributed by atoms with van der Waals surface area (Å²) in [5, 5.41) is 3.49. The van der Waals surface area contributed by atoms with Gasteiger partial charge in [0.25, 0.3) is 0 Å². The Morgan fingerprint density at radius 1 is 1.16 bits per heavy atom. The van der Waals surface area contributed by atoms with Crippen molar-refractivity contribution in [2.75, 3.05) is 26.2 Å². The maximum Gasteiger partial charge on any atom is 0.0233 e. The Morgan fingerprint density at radius 3 is 2.58 bits per heavy atom. The van der Waals surface area contributed by atoms with E-state index in [2.05, 4.69) is 48.3 Å². The fourth-order valence-corrected chi connectivity index (χ4v) is 2.95. The van der Waals surface area contributed by atoms with Crippen LogP contribution in [0.5, 0.6) is 0 Å². The molecule has 1 N–H and O–H groups in total. The highest BCUT2D eigenvalue weighted by Crippen LogP contribution is 2.18. The first-order chi connectivity index (χ1) is 9.31. The second-order valence-electron chi connectivity index (χ2n) is 5.72. The molecule has 106 valence electrons. The maximum atomic E-state index is 3.49. The summed E-state index contributed by atoms with van der Waals surface area (Å²) in [6.45, 7) is 10.3. The summed E-state index contributed by atoms with van der Waals surface area (Å²) >= 11 is 0. The third-order valence-corrected chi connectivity index (χ3v) is 4.12. The van der Waals surface area contributed by atoms with E-state index in [1.165, 1.54) is 43.6 Å². The molecule has 0 bridgehead atoms. The molecule has 1 unspecified atom stereocenters. The van der Waals surface area contributed by atoms with E-state index in [-0.39, 0.29) is 0 Å². The molecule has 0 aromatic heterocycles. The molecule has 0 amide bonds. The molecule has 1 aliphatic rings. The Hall–Kier alpha value is -0.860. The summed E-state index contributed by atoms with van der Waals surface area (Å²) in [6, 6.07) is 9.14. The first-order valence-corrected chi connectivity index (χ1v) is 7.82. The smallest absolute Gasteiger partial charge is 0.0233 e. The lowest BCUT2D eigenvalue weighted by molar-refractivity contribution is 0.166. The van der Waals surface area contributed by atoms with Gasteiger partial charge in [-0.2, -0.15) is 0 Å². The lowest BCUT2D eigenvalue weighted by Gasteiger charge is -2.32. The molecular weight excluding hydrogens is 232 g/mol. The van der Waals surface area contributed by atoms with Gasteiger partial charge >= 0.3 is 0 Å². The molecule has 2 rings (SSSR count). The Balaban J connectivity index is 1.83. The van der Waals surface area contributed by atoms with Crippen molar-refractivity contribution in [1.82, 2.24) is 10.2 Å². The van der Waals surface area contributed by atoms with Crippen LogP contribution in [0.1, 0.15) is 37.8 Å². The summed E-state index contributed by atoms with van der Waals surface area (Å²) in [4.78, 5) is 2.62. The lowest BCUT2D eigenvalue weighted by Crippen LogP contribution is -2.39. The highest BCUT2D eigenvalue weighted by Gasteiger charge is 2.19. The second kappa shape index (κ2) is 7.66. The maximum absolute atomic E-state index is 3.49. The predicted octanol–water partition coefficient (Wildman–Crippen LogP) is 3.07. The molecule has 1 saturated heterocycles. The van der Waals surface area contributed by atoms with E-state index in [4.69, 9.17) is 0 Å². The quantitative estimate of drug-likeness (QED) is 0.845. The van der Waals surface area contributed by atoms with Crippen LogP contribution < -0.4 is 5.32 Å². The number of benzene rings is 1. The van der Waals surface area contributed by atoms with E-state index in [1.54, 1.807) is 0 Å². The molecule has 1 aromatic rings. The highest BCUT2D eigenvalue weighted by atomic mass is 15.1. The molecule has 1 fully saturated rings. The number of nitrogens with zero attached hydrogens (tertiary/aromatic N) is 1. The van der Waals surface area contributed by atoms with Gasteiger partial charge < -0.3 is 5.32 Å². The van der Waals surface area contributed by atoms with Gasteiger partial charge in [0.1, 0.15) is 0 Å². The molecule has 0 radical (unpaired) electrons. The largest absolute Gasteiger partial charge is 0.317 e. The molecule has 0 spiro atoms. The van der Waals surface area contributed by atoms with Crippen molar-refractivity contribution in [3.8, 4) is 0 Å². The number of rotatable bonds is 6. The SMILES string of the molecule is CCNCC1CCCN(Cc2ccc(CC)cc2)C1. The molecular formula is C17H28N2. The van der Waals surface area contributed by atoms with Crippen LogP contribution in [0.4, 0.5) is 0 Å². The van der Waals surface area contributed by atoms with Crippen molar-refractivity contribution < 1.29 is 0 Å². The van der Waals surface area contributed by atoms with Gasteiger partial charge in [-0.3, -0.25) is 4.90 Å². The van der Waals surface area contributed by atoms with Gasteiger partial charge in [0.15, 0.2) is 0 Å². The number of hydrogen-bond donors (Lipinski definition) is 1.